The Labute approximate surface area is 125 Å². The molecule has 6 heteroatoms. The summed E-state index contributed by atoms with van der Waals surface area (Å²) in [6, 6.07) is 6.26. The molecule has 1 aliphatic rings. The zero-order valence-corrected chi connectivity index (χ0v) is 12.8. The Kier molecular flexibility index (Phi) is 5.36. The Morgan fingerprint density at radius 2 is 1.76 bits per heavy atom. The van der Waals surface area contributed by atoms with Crippen LogP contribution >= 0.6 is 0 Å². The summed E-state index contributed by atoms with van der Waals surface area (Å²) in [5.41, 5.74) is 0.892. The second-order valence-corrected chi connectivity index (χ2v) is 7.00. The number of esters is 1. The van der Waals surface area contributed by atoms with Gasteiger partial charge in [0.2, 0.25) is 10.0 Å². The number of hydrogen-bond donors (Lipinski definition) is 1. The molecular weight excluding hydrogens is 290 g/mol. The molecule has 0 atom stereocenters. The minimum Gasteiger partial charge on any atom is -0.462 e. The molecule has 5 nitrogen and oxygen atoms in total. The van der Waals surface area contributed by atoms with Crippen LogP contribution in [0.15, 0.2) is 29.2 Å². The molecule has 1 aromatic carbocycles. The maximum Gasteiger partial charge on any atom is 0.306 e. The van der Waals surface area contributed by atoms with Gasteiger partial charge in [0.1, 0.15) is 6.10 Å². The Morgan fingerprint density at radius 1 is 1.14 bits per heavy atom. The van der Waals surface area contributed by atoms with Crippen molar-refractivity contribution < 1.29 is 17.9 Å². The van der Waals surface area contributed by atoms with Crippen LogP contribution in [-0.2, 0) is 26.0 Å². The van der Waals surface area contributed by atoms with E-state index < -0.39 is 10.0 Å². The number of carbonyl (C=O) groups excluding carboxylic acids is 1. The van der Waals surface area contributed by atoms with Gasteiger partial charge in [-0.2, -0.15) is 0 Å². The summed E-state index contributed by atoms with van der Waals surface area (Å²) >= 11 is 0. The number of sulfonamides is 1. The van der Waals surface area contributed by atoms with Crippen molar-refractivity contribution in [3.05, 3.63) is 29.8 Å². The van der Waals surface area contributed by atoms with Crippen molar-refractivity contribution in [1.29, 1.82) is 0 Å². The summed E-state index contributed by atoms with van der Waals surface area (Å²) in [6.45, 7) is 0. The van der Waals surface area contributed by atoms with Gasteiger partial charge in [-0.15, -0.1) is 0 Å². The number of carbonyl (C=O) groups is 1. The quantitative estimate of drug-likeness (QED) is 0.844. The first-order chi connectivity index (χ1) is 9.95. The smallest absolute Gasteiger partial charge is 0.306 e. The second-order valence-electron chi connectivity index (χ2n) is 5.44. The number of aryl methyl sites for hydroxylation is 1. The van der Waals surface area contributed by atoms with Crippen LogP contribution in [0, 0.1) is 0 Å². The number of ether oxygens (including phenoxy) is 1. The average Bonchev–Trinajstić information content (AvgIpc) is 2.46. The molecular formula is C15H21NO4S. The van der Waals surface area contributed by atoms with E-state index in [1.807, 2.05) is 0 Å². The predicted octanol–water partition coefficient (Wildman–Crippen LogP) is 2.14. The van der Waals surface area contributed by atoms with E-state index in [9.17, 15) is 13.2 Å². The molecule has 0 bridgehead atoms. The van der Waals surface area contributed by atoms with E-state index in [1.165, 1.54) is 18.6 Å². The standard InChI is InChI=1S/C15H21NO4S/c16-21(18,19)14-9-6-12(7-10-14)8-11-15(17)20-13-4-2-1-3-5-13/h6-7,9-10,13H,1-5,8,11H2,(H2,16,18,19). The van der Waals surface area contributed by atoms with E-state index in [0.717, 1.165) is 31.2 Å². The minimum absolute atomic E-state index is 0.0796. The van der Waals surface area contributed by atoms with Gasteiger partial charge in [-0.1, -0.05) is 18.6 Å². The van der Waals surface area contributed by atoms with Gasteiger partial charge in [-0.3, -0.25) is 4.79 Å². The summed E-state index contributed by atoms with van der Waals surface area (Å²) in [7, 11) is -3.66. The van der Waals surface area contributed by atoms with Gasteiger partial charge in [0.15, 0.2) is 0 Å². The summed E-state index contributed by atoms with van der Waals surface area (Å²) in [4.78, 5) is 11.9. The van der Waals surface area contributed by atoms with E-state index >= 15 is 0 Å². The van der Waals surface area contributed by atoms with E-state index in [2.05, 4.69) is 0 Å². The summed E-state index contributed by atoms with van der Waals surface area (Å²) in [6.07, 6.45) is 6.35. The molecule has 1 saturated carbocycles. The van der Waals surface area contributed by atoms with Crippen molar-refractivity contribution in [3.63, 3.8) is 0 Å². The van der Waals surface area contributed by atoms with Gasteiger partial charge >= 0.3 is 5.97 Å². The Morgan fingerprint density at radius 3 is 2.33 bits per heavy atom. The molecule has 2 rings (SSSR count). The first-order valence-electron chi connectivity index (χ1n) is 7.26. The highest BCUT2D eigenvalue weighted by Gasteiger charge is 2.17. The fourth-order valence-corrected chi connectivity index (χ4v) is 3.04. The fraction of sp³-hybridized carbons (Fsp3) is 0.533. The summed E-state index contributed by atoms with van der Waals surface area (Å²) < 4.78 is 27.7. The number of rotatable bonds is 5. The van der Waals surface area contributed by atoms with Crippen LogP contribution in [0.5, 0.6) is 0 Å². The Balaban J connectivity index is 1.81. The molecule has 21 heavy (non-hydrogen) atoms. The van der Waals surface area contributed by atoms with Crippen molar-refractivity contribution in [1.82, 2.24) is 0 Å². The van der Waals surface area contributed by atoms with Gasteiger partial charge in [-0.05, 0) is 49.8 Å². The van der Waals surface area contributed by atoms with Crippen LogP contribution in [0.3, 0.4) is 0 Å². The zero-order valence-electron chi connectivity index (χ0n) is 12.0. The normalized spacial score (nSPS) is 16.6. The van der Waals surface area contributed by atoms with Crippen LogP contribution in [0.4, 0.5) is 0 Å². The van der Waals surface area contributed by atoms with Crippen LogP contribution in [-0.4, -0.2) is 20.5 Å². The van der Waals surface area contributed by atoms with Crippen molar-refractivity contribution in [3.8, 4) is 0 Å². The molecule has 1 aromatic rings. The average molecular weight is 311 g/mol. The second kappa shape index (κ2) is 7.04. The number of nitrogens with two attached hydrogens (primary N) is 1. The largest absolute Gasteiger partial charge is 0.462 e. The molecule has 0 spiro atoms. The number of primary sulfonamides is 1. The minimum atomic E-state index is -3.66. The summed E-state index contributed by atoms with van der Waals surface area (Å²) in [5, 5.41) is 5.03. The molecule has 0 heterocycles. The highest BCUT2D eigenvalue weighted by molar-refractivity contribution is 7.89. The lowest BCUT2D eigenvalue weighted by Crippen LogP contribution is -2.21. The first-order valence-corrected chi connectivity index (χ1v) is 8.81. The molecule has 0 aliphatic heterocycles. The molecule has 0 saturated heterocycles. The molecule has 1 aliphatic carbocycles. The van der Waals surface area contributed by atoms with Gasteiger partial charge in [-0.25, -0.2) is 13.6 Å². The van der Waals surface area contributed by atoms with Crippen LogP contribution in [0.2, 0.25) is 0 Å². The molecule has 116 valence electrons. The maximum absolute atomic E-state index is 11.8. The lowest BCUT2D eigenvalue weighted by atomic mass is 9.98. The zero-order chi connectivity index (χ0) is 15.3. The lowest BCUT2D eigenvalue weighted by molar-refractivity contribution is -0.150. The van der Waals surface area contributed by atoms with Gasteiger partial charge in [0, 0.05) is 6.42 Å². The van der Waals surface area contributed by atoms with Crippen molar-refractivity contribution >= 4 is 16.0 Å². The van der Waals surface area contributed by atoms with Gasteiger partial charge < -0.3 is 4.74 Å². The van der Waals surface area contributed by atoms with Crippen LogP contribution in [0.25, 0.3) is 0 Å². The highest BCUT2D eigenvalue weighted by atomic mass is 32.2. The van der Waals surface area contributed by atoms with E-state index in [4.69, 9.17) is 9.88 Å². The van der Waals surface area contributed by atoms with Crippen molar-refractivity contribution in [2.24, 2.45) is 5.14 Å². The SMILES string of the molecule is NS(=O)(=O)c1ccc(CCC(=O)OC2CCCCC2)cc1. The van der Waals surface area contributed by atoms with Crippen molar-refractivity contribution in [2.75, 3.05) is 0 Å². The third-order valence-corrected chi connectivity index (χ3v) is 4.65. The molecule has 2 N–H and O–H groups in total. The highest BCUT2D eigenvalue weighted by Crippen LogP contribution is 2.21. The monoisotopic (exact) mass is 311 g/mol. The summed E-state index contributed by atoms with van der Waals surface area (Å²) in [5.74, 6) is -0.183. The van der Waals surface area contributed by atoms with E-state index in [0.29, 0.717) is 12.8 Å². The van der Waals surface area contributed by atoms with Crippen LogP contribution in [0.1, 0.15) is 44.1 Å². The molecule has 0 amide bonds. The number of hydrogen-bond acceptors (Lipinski definition) is 4. The van der Waals surface area contributed by atoms with E-state index in [1.54, 1.807) is 12.1 Å². The topological polar surface area (TPSA) is 86.5 Å². The maximum atomic E-state index is 11.8. The predicted molar refractivity (Wildman–Crippen MR) is 79.1 cm³/mol. The van der Waals surface area contributed by atoms with Gasteiger partial charge in [0.05, 0.1) is 4.90 Å². The fourth-order valence-electron chi connectivity index (χ4n) is 2.52. The molecule has 0 unspecified atom stereocenters. The third kappa shape index (κ3) is 5.13. The van der Waals surface area contributed by atoms with Crippen molar-refractivity contribution in [2.45, 2.75) is 55.9 Å². The van der Waals surface area contributed by atoms with Crippen LogP contribution < -0.4 is 5.14 Å². The Bertz CT molecular complexity index is 574. The van der Waals surface area contributed by atoms with Gasteiger partial charge in [0.25, 0.3) is 0 Å². The first kappa shape index (κ1) is 16.0. The third-order valence-electron chi connectivity index (χ3n) is 3.72. The molecule has 1 fully saturated rings. The molecule has 0 radical (unpaired) electrons. The number of benzene rings is 1. The molecule has 0 aromatic heterocycles. The van der Waals surface area contributed by atoms with E-state index in [-0.39, 0.29) is 17.0 Å². The Hall–Kier alpha value is -1.40. The lowest BCUT2D eigenvalue weighted by Gasteiger charge is -2.21.